The quantitative estimate of drug-likeness (QED) is 0.744. The molecule has 2 heterocycles. The number of aromatic nitrogens is 1. The second-order valence-corrected chi connectivity index (χ2v) is 4.59. The number of hydrogen-bond donors (Lipinski definition) is 2. The Morgan fingerprint density at radius 1 is 1.20 bits per heavy atom. The average molecular weight is 246 g/mol. The van der Waals surface area contributed by atoms with E-state index >= 15 is 0 Å². The molecule has 0 aliphatic carbocycles. The summed E-state index contributed by atoms with van der Waals surface area (Å²) in [6, 6.07) is 4.47. The van der Waals surface area contributed by atoms with Gasteiger partial charge in [0.1, 0.15) is 10.3 Å². The number of nitrogens with one attached hydrogen (secondary N) is 2. The molecule has 2 N–H and O–H groups in total. The molecule has 2 unspecified atom stereocenters. The summed E-state index contributed by atoms with van der Waals surface area (Å²) in [5.41, 5.74) is 1.08. The highest BCUT2D eigenvalue weighted by molar-refractivity contribution is 6.32. The van der Waals surface area contributed by atoms with E-state index in [0.717, 1.165) is 18.7 Å². The van der Waals surface area contributed by atoms with Gasteiger partial charge in [-0.25, -0.2) is 4.98 Å². The highest BCUT2D eigenvalue weighted by Crippen LogP contribution is 2.21. The first-order valence-electron chi connectivity index (χ1n) is 4.95. The predicted octanol–water partition coefficient (Wildman–Crippen LogP) is 2.01. The Kier molecular flexibility index (Phi) is 3.46. The lowest BCUT2D eigenvalue weighted by Gasteiger charge is -2.29. The molecule has 82 valence electrons. The van der Waals surface area contributed by atoms with E-state index in [4.69, 9.17) is 23.2 Å². The summed E-state index contributed by atoms with van der Waals surface area (Å²) in [5.74, 6) is 0. The predicted molar refractivity (Wildman–Crippen MR) is 62.5 cm³/mol. The van der Waals surface area contributed by atoms with Crippen LogP contribution < -0.4 is 10.6 Å². The van der Waals surface area contributed by atoms with Gasteiger partial charge in [-0.15, -0.1) is 0 Å². The number of halogens is 2. The van der Waals surface area contributed by atoms with Gasteiger partial charge in [-0.2, -0.15) is 0 Å². The molecule has 2 rings (SSSR count). The van der Waals surface area contributed by atoms with Crippen molar-refractivity contribution >= 4 is 23.2 Å². The maximum atomic E-state index is 5.85. The summed E-state index contributed by atoms with van der Waals surface area (Å²) in [4.78, 5) is 3.93. The molecule has 1 saturated heterocycles. The smallest absolute Gasteiger partial charge is 0.131 e. The SMILES string of the molecule is CC1CNC(c2cc(Cl)nc(Cl)c2)CN1. The van der Waals surface area contributed by atoms with Crippen LogP contribution in [0.1, 0.15) is 18.5 Å². The van der Waals surface area contributed by atoms with Gasteiger partial charge in [0.25, 0.3) is 0 Å². The highest BCUT2D eigenvalue weighted by Gasteiger charge is 2.18. The van der Waals surface area contributed by atoms with Crippen LogP contribution in [0.3, 0.4) is 0 Å². The first kappa shape index (κ1) is 11.1. The monoisotopic (exact) mass is 245 g/mol. The molecule has 0 amide bonds. The van der Waals surface area contributed by atoms with Crippen molar-refractivity contribution in [1.29, 1.82) is 0 Å². The first-order chi connectivity index (χ1) is 7.15. The van der Waals surface area contributed by atoms with Gasteiger partial charge >= 0.3 is 0 Å². The lowest BCUT2D eigenvalue weighted by Crippen LogP contribution is -2.48. The van der Waals surface area contributed by atoms with Crippen LogP contribution in [0.15, 0.2) is 12.1 Å². The van der Waals surface area contributed by atoms with Gasteiger partial charge < -0.3 is 10.6 Å². The Morgan fingerprint density at radius 3 is 2.40 bits per heavy atom. The molecule has 0 spiro atoms. The van der Waals surface area contributed by atoms with E-state index < -0.39 is 0 Å². The second-order valence-electron chi connectivity index (χ2n) is 3.82. The zero-order chi connectivity index (χ0) is 10.8. The molecular weight excluding hydrogens is 233 g/mol. The van der Waals surface area contributed by atoms with E-state index in [0.29, 0.717) is 16.3 Å². The average Bonchev–Trinajstić information content (AvgIpc) is 2.17. The molecule has 1 fully saturated rings. The van der Waals surface area contributed by atoms with Crippen LogP contribution in [0.25, 0.3) is 0 Å². The minimum Gasteiger partial charge on any atom is -0.311 e. The molecule has 5 heteroatoms. The summed E-state index contributed by atoms with van der Waals surface area (Å²) < 4.78 is 0. The molecule has 0 bridgehead atoms. The largest absolute Gasteiger partial charge is 0.311 e. The maximum absolute atomic E-state index is 5.85. The van der Waals surface area contributed by atoms with E-state index in [9.17, 15) is 0 Å². The molecular formula is C10H13Cl2N3. The van der Waals surface area contributed by atoms with E-state index in [-0.39, 0.29) is 6.04 Å². The summed E-state index contributed by atoms with van der Waals surface area (Å²) in [6.07, 6.45) is 0. The Labute approximate surface area is 99.2 Å². The molecule has 1 aromatic heterocycles. The van der Waals surface area contributed by atoms with Gasteiger partial charge in [0.15, 0.2) is 0 Å². The van der Waals surface area contributed by atoms with E-state index in [1.807, 2.05) is 12.1 Å². The normalized spacial score (nSPS) is 26.6. The molecule has 1 aliphatic rings. The zero-order valence-corrected chi connectivity index (χ0v) is 9.94. The summed E-state index contributed by atoms with van der Waals surface area (Å²) >= 11 is 11.7. The van der Waals surface area contributed by atoms with Gasteiger partial charge in [0.05, 0.1) is 0 Å². The summed E-state index contributed by atoms with van der Waals surface area (Å²) in [7, 11) is 0. The third-order valence-electron chi connectivity index (χ3n) is 2.53. The number of pyridine rings is 1. The molecule has 1 aromatic rings. The van der Waals surface area contributed by atoms with E-state index in [1.165, 1.54) is 0 Å². The minimum atomic E-state index is 0.263. The maximum Gasteiger partial charge on any atom is 0.131 e. The van der Waals surface area contributed by atoms with Crippen LogP contribution >= 0.6 is 23.2 Å². The molecule has 0 radical (unpaired) electrons. The van der Waals surface area contributed by atoms with Crippen molar-refractivity contribution < 1.29 is 0 Å². The molecule has 0 aromatic carbocycles. The standard InChI is InChI=1S/C10H13Cl2N3/c1-6-4-14-8(5-13-6)7-2-9(11)15-10(12)3-7/h2-3,6,8,13-14H,4-5H2,1H3. The van der Waals surface area contributed by atoms with E-state index in [2.05, 4.69) is 22.5 Å². The van der Waals surface area contributed by atoms with Crippen LogP contribution in [0, 0.1) is 0 Å². The van der Waals surface area contributed by atoms with Crippen molar-refractivity contribution in [3.63, 3.8) is 0 Å². The Morgan fingerprint density at radius 2 is 1.87 bits per heavy atom. The third kappa shape index (κ3) is 2.82. The van der Waals surface area contributed by atoms with Gasteiger partial charge in [-0.05, 0) is 24.6 Å². The summed E-state index contributed by atoms with van der Waals surface area (Å²) in [6.45, 7) is 3.98. The van der Waals surface area contributed by atoms with Crippen molar-refractivity contribution in [2.24, 2.45) is 0 Å². The van der Waals surface area contributed by atoms with E-state index in [1.54, 1.807) is 0 Å². The van der Waals surface area contributed by atoms with Crippen molar-refractivity contribution in [3.05, 3.63) is 28.0 Å². The fourth-order valence-corrected chi connectivity index (χ4v) is 2.18. The summed E-state index contributed by atoms with van der Waals surface area (Å²) in [5, 5.41) is 7.72. The number of rotatable bonds is 1. The molecule has 1 aliphatic heterocycles. The number of nitrogens with zero attached hydrogens (tertiary/aromatic N) is 1. The minimum absolute atomic E-state index is 0.263. The van der Waals surface area contributed by atoms with Gasteiger partial charge in [0, 0.05) is 25.2 Å². The Bertz CT molecular complexity index is 328. The zero-order valence-electron chi connectivity index (χ0n) is 8.43. The van der Waals surface area contributed by atoms with Crippen LogP contribution in [0.5, 0.6) is 0 Å². The van der Waals surface area contributed by atoms with Crippen LogP contribution in [0.2, 0.25) is 10.3 Å². The lowest BCUT2D eigenvalue weighted by atomic mass is 10.1. The van der Waals surface area contributed by atoms with Crippen LogP contribution in [-0.4, -0.2) is 24.1 Å². The van der Waals surface area contributed by atoms with Gasteiger partial charge in [0.2, 0.25) is 0 Å². The van der Waals surface area contributed by atoms with Gasteiger partial charge in [-0.1, -0.05) is 23.2 Å². The molecule has 15 heavy (non-hydrogen) atoms. The first-order valence-corrected chi connectivity index (χ1v) is 5.70. The van der Waals surface area contributed by atoms with Crippen molar-refractivity contribution in [2.45, 2.75) is 19.0 Å². The third-order valence-corrected chi connectivity index (χ3v) is 2.92. The second kappa shape index (κ2) is 4.66. The number of piperazine rings is 1. The number of hydrogen-bond acceptors (Lipinski definition) is 3. The van der Waals surface area contributed by atoms with Crippen LogP contribution in [0.4, 0.5) is 0 Å². The Balaban J connectivity index is 2.15. The topological polar surface area (TPSA) is 37.0 Å². The molecule has 2 atom stereocenters. The van der Waals surface area contributed by atoms with Crippen molar-refractivity contribution in [3.8, 4) is 0 Å². The fourth-order valence-electron chi connectivity index (χ4n) is 1.70. The fraction of sp³-hybridized carbons (Fsp3) is 0.500. The van der Waals surface area contributed by atoms with Crippen LogP contribution in [-0.2, 0) is 0 Å². The van der Waals surface area contributed by atoms with Gasteiger partial charge in [-0.3, -0.25) is 0 Å². The molecule has 0 saturated carbocycles. The highest BCUT2D eigenvalue weighted by atomic mass is 35.5. The lowest BCUT2D eigenvalue weighted by molar-refractivity contribution is 0.366. The van der Waals surface area contributed by atoms with Crippen molar-refractivity contribution in [2.75, 3.05) is 13.1 Å². The van der Waals surface area contributed by atoms with Crippen molar-refractivity contribution in [1.82, 2.24) is 15.6 Å². The Hall–Kier alpha value is -0.350. The molecule has 3 nitrogen and oxygen atoms in total.